The van der Waals surface area contributed by atoms with Gasteiger partial charge in [-0.1, -0.05) is 18.2 Å². The van der Waals surface area contributed by atoms with Crippen molar-refractivity contribution in [2.75, 3.05) is 5.32 Å². The van der Waals surface area contributed by atoms with Crippen molar-refractivity contribution in [1.82, 2.24) is 14.8 Å². The van der Waals surface area contributed by atoms with Crippen LogP contribution in [0.1, 0.15) is 30.2 Å². The van der Waals surface area contributed by atoms with E-state index in [-0.39, 0.29) is 11.6 Å². The van der Waals surface area contributed by atoms with Gasteiger partial charge < -0.3 is 9.73 Å². The number of nitrogens with zero attached hydrogens (tertiary/aromatic N) is 3. The normalized spacial score (nSPS) is 11.3. The van der Waals surface area contributed by atoms with Gasteiger partial charge in [-0.25, -0.2) is 14.5 Å². The molecule has 3 aromatic heterocycles. The maximum absolute atomic E-state index is 12.5. The van der Waals surface area contributed by atoms with Gasteiger partial charge in [0.1, 0.15) is 11.1 Å². The van der Waals surface area contributed by atoms with Crippen LogP contribution in [0.4, 0.5) is 5.69 Å². The minimum atomic E-state index is -0.678. The van der Waals surface area contributed by atoms with Crippen LogP contribution in [0, 0.1) is 0 Å². The van der Waals surface area contributed by atoms with Crippen molar-refractivity contribution >= 4 is 33.6 Å². The molecular formula is C19H16N4O3. The number of rotatable bonds is 3. The number of anilines is 1. The van der Waals surface area contributed by atoms with E-state index in [1.165, 1.54) is 6.07 Å². The van der Waals surface area contributed by atoms with Crippen molar-refractivity contribution < 1.29 is 9.21 Å². The summed E-state index contributed by atoms with van der Waals surface area (Å²) in [5, 5.41) is 8.49. The molecule has 4 aromatic rings. The number of fused-ring (bicyclic) bond motifs is 2. The van der Waals surface area contributed by atoms with Crippen molar-refractivity contribution in [3.8, 4) is 0 Å². The Morgan fingerprint density at radius 1 is 1.15 bits per heavy atom. The van der Waals surface area contributed by atoms with Crippen LogP contribution in [0.15, 0.2) is 58.0 Å². The summed E-state index contributed by atoms with van der Waals surface area (Å²) in [6.45, 7) is 4.03. The molecule has 0 fully saturated rings. The number of pyridine rings is 1. The number of aromatic nitrogens is 3. The van der Waals surface area contributed by atoms with E-state index < -0.39 is 11.5 Å². The number of para-hydroxylation sites is 1. The van der Waals surface area contributed by atoms with Crippen molar-refractivity contribution in [1.29, 1.82) is 0 Å². The minimum Gasteiger partial charge on any atom is -0.422 e. The Morgan fingerprint density at radius 3 is 2.77 bits per heavy atom. The van der Waals surface area contributed by atoms with E-state index in [9.17, 15) is 9.59 Å². The van der Waals surface area contributed by atoms with Gasteiger partial charge in [0.25, 0.3) is 5.91 Å². The fraction of sp³-hybridized carbons (Fsp3) is 0.158. The summed E-state index contributed by atoms with van der Waals surface area (Å²) < 4.78 is 7.01. The summed E-state index contributed by atoms with van der Waals surface area (Å²) in [4.78, 5) is 29.0. The van der Waals surface area contributed by atoms with Crippen molar-refractivity contribution in [2.45, 2.75) is 19.9 Å². The van der Waals surface area contributed by atoms with E-state index in [2.05, 4.69) is 15.4 Å². The Kier molecular flexibility index (Phi) is 3.76. The van der Waals surface area contributed by atoms with Crippen molar-refractivity contribution in [2.24, 2.45) is 0 Å². The molecule has 3 heterocycles. The first kappa shape index (κ1) is 16.0. The molecule has 0 aliphatic rings. The molecule has 7 nitrogen and oxygen atoms in total. The van der Waals surface area contributed by atoms with Crippen LogP contribution in [-0.4, -0.2) is 20.7 Å². The summed E-state index contributed by atoms with van der Waals surface area (Å²) in [7, 11) is 0. The minimum absolute atomic E-state index is 0.0540. The number of amides is 1. The third kappa shape index (κ3) is 2.73. The fourth-order valence-electron chi connectivity index (χ4n) is 2.81. The lowest BCUT2D eigenvalue weighted by Crippen LogP contribution is -2.20. The molecule has 0 bridgehead atoms. The third-order valence-corrected chi connectivity index (χ3v) is 4.07. The van der Waals surface area contributed by atoms with Crippen molar-refractivity contribution in [3.63, 3.8) is 0 Å². The maximum Gasteiger partial charge on any atom is 0.349 e. The number of carbonyl (C=O) groups is 1. The second-order valence-corrected chi connectivity index (χ2v) is 6.26. The highest BCUT2D eigenvalue weighted by atomic mass is 16.4. The first-order chi connectivity index (χ1) is 12.5. The van der Waals surface area contributed by atoms with Crippen LogP contribution in [0.5, 0.6) is 0 Å². The van der Waals surface area contributed by atoms with Gasteiger partial charge in [0.05, 0.1) is 18.1 Å². The molecule has 0 saturated carbocycles. The average molecular weight is 348 g/mol. The van der Waals surface area contributed by atoms with Crippen molar-refractivity contribution in [3.05, 3.63) is 64.8 Å². The van der Waals surface area contributed by atoms with Crippen LogP contribution < -0.4 is 10.9 Å². The van der Waals surface area contributed by atoms with Crippen LogP contribution in [-0.2, 0) is 0 Å². The summed E-state index contributed by atoms with van der Waals surface area (Å²) in [6.07, 6.45) is 3.24. The molecule has 0 aliphatic carbocycles. The smallest absolute Gasteiger partial charge is 0.349 e. The number of carbonyl (C=O) groups excluding carboxylic acids is 1. The van der Waals surface area contributed by atoms with E-state index in [4.69, 9.17) is 4.42 Å². The second-order valence-electron chi connectivity index (χ2n) is 6.26. The summed E-state index contributed by atoms with van der Waals surface area (Å²) in [6, 6.07) is 10.5. The van der Waals surface area contributed by atoms with E-state index in [1.807, 2.05) is 19.9 Å². The maximum atomic E-state index is 12.5. The largest absolute Gasteiger partial charge is 0.422 e. The van der Waals surface area contributed by atoms with Crippen LogP contribution in [0.25, 0.3) is 22.0 Å². The molecule has 1 amide bonds. The van der Waals surface area contributed by atoms with Gasteiger partial charge in [0, 0.05) is 16.8 Å². The fourth-order valence-corrected chi connectivity index (χ4v) is 2.81. The average Bonchev–Trinajstić information content (AvgIpc) is 3.04. The molecule has 130 valence electrons. The lowest BCUT2D eigenvalue weighted by Gasteiger charge is -2.07. The van der Waals surface area contributed by atoms with Crippen LogP contribution in [0.3, 0.4) is 0 Å². The summed E-state index contributed by atoms with van der Waals surface area (Å²) >= 11 is 0. The van der Waals surface area contributed by atoms with Gasteiger partial charge in [-0.05, 0) is 32.0 Å². The zero-order valence-corrected chi connectivity index (χ0v) is 14.3. The molecule has 1 N–H and O–H groups in total. The monoisotopic (exact) mass is 348 g/mol. The number of benzene rings is 1. The first-order valence-electron chi connectivity index (χ1n) is 8.20. The third-order valence-electron chi connectivity index (χ3n) is 4.07. The van der Waals surface area contributed by atoms with E-state index in [0.29, 0.717) is 16.7 Å². The number of hydrogen-bond donors (Lipinski definition) is 1. The molecule has 0 saturated heterocycles. The molecular weight excluding hydrogens is 332 g/mol. The van der Waals surface area contributed by atoms with Gasteiger partial charge in [0.15, 0.2) is 5.65 Å². The first-order valence-corrected chi connectivity index (χ1v) is 8.20. The lowest BCUT2D eigenvalue weighted by atomic mass is 10.2. The highest BCUT2D eigenvalue weighted by Crippen LogP contribution is 2.20. The Bertz CT molecular complexity index is 1190. The number of hydrogen-bond acceptors (Lipinski definition) is 5. The Morgan fingerprint density at radius 2 is 1.96 bits per heavy atom. The summed E-state index contributed by atoms with van der Waals surface area (Å²) in [5.74, 6) is -0.540. The van der Waals surface area contributed by atoms with Gasteiger partial charge in [-0.2, -0.15) is 5.10 Å². The molecule has 26 heavy (non-hydrogen) atoms. The second kappa shape index (κ2) is 6.11. The quantitative estimate of drug-likeness (QED) is 0.573. The standard InChI is InChI=1S/C19H16N4O3/c1-11(2)23-17-13(9-21-23)7-14(10-20-17)22-18(24)15-8-12-5-3-4-6-16(12)26-19(15)25/h3-11H,1-2H3,(H,22,24). The van der Waals surface area contributed by atoms with Gasteiger partial charge in [0.2, 0.25) is 0 Å². The molecule has 0 aliphatic heterocycles. The van der Waals surface area contributed by atoms with Crippen LogP contribution in [0.2, 0.25) is 0 Å². The highest BCUT2D eigenvalue weighted by molar-refractivity contribution is 6.05. The van der Waals surface area contributed by atoms with Gasteiger partial charge in [-0.15, -0.1) is 0 Å². The summed E-state index contributed by atoms with van der Waals surface area (Å²) in [5.41, 5.74) is 0.935. The van der Waals surface area contributed by atoms with E-state index >= 15 is 0 Å². The Hall–Kier alpha value is -3.48. The highest BCUT2D eigenvalue weighted by Gasteiger charge is 2.15. The molecule has 1 aromatic carbocycles. The Balaban J connectivity index is 1.67. The molecule has 0 atom stereocenters. The topological polar surface area (TPSA) is 90.0 Å². The molecule has 4 rings (SSSR count). The molecule has 0 unspecified atom stereocenters. The lowest BCUT2D eigenvalue weighted by molar-refractivity contribution is 0.102. The number of nitrogens with one attached hydrogen (secondary N) is 1. The van der Waals surface area contributed by atoms with E-state index in [0.717, 1.165) is 11.0 Å². The van der Waals surface area contributed by atoms with E-state index in [1.54, 1.807) is 41.3 Å². The zero-order valence-electron chi connectivity index (χ0n) is 14.3. The molecule has 0 spiro atoms. The predicted octanol–water partition coefficient (Wildman–Crippen LogP) is 3.37. The Labute approximate surface area is 148 Å². The predicted molar refractivity (Wildman–Crippen MR) is 98.4 cm³/mol. The SMILES string of the molecule is CC(C)n1ncc2cc(NC(=O)c3cc4ccccc4oc3=O)cnc21. The zero-order chi connectivity index (χ0) is 18.3. The van der Waals surface area contributed by atoms with Crippen LogP contribution >= 0.6 is 0 Å². The molecule has 0 radical (unpaired) electrons. The van der Waals surface area contributed by atoms with Gasteiger partial charge >= 0.3 is 5.63 Å². The van der Waals surface area contributed by atoms with Gasteiger partial charge in [-0.3, -0.25) is 4.79 Å². The molecule has 7 heteroatoms.